The van der Waals surface area contributed by atoms with Crippen molar-refractivity contribution in [2.45, 2.75) is 31.8 Å². The summed E-state index contributed by atoms with van der Waals surface area (Å²) < 4.78 is 5.51. The molecule has 0 unspecified atom stereocenters. The van der Waals surface area contributed by atoms with Crippen LogP contribution in [-0.2, 0) is 6.54 Å². The van der Waals surface area contributed by atoms with E-state index in [0.717, 1.165) is 23.1 Å². The number of para-hydroxylation sites is 1. The minimum atomic E-state index is 0.521. The summed E-state index contributed by atoms with van der Waals surface area (Å²) in [5, 5.41) is 5.16. The number of fused-ring (bicyclic) bond motifs is 1. The van der Waals surface area contributed by atoms with Crippen LogP contribution in [0.5, 0.6) is 0 Å². The molecule has 3 heteroatoms. The van der Waals surface area contributed by atoms with Gasteiger partial charge in [0.15, 0.2) is 5.22 Å². The Morgan fingerprint density at radius 2 is 2.12 bits per heavy atom. The second-order valence-corrected chi connectivity index (χ2v) is 4.70. The first kappa shape index (κ1) is 10.2. The Bertz CT molecular complexity index is 502. The molecule has 0 aliphatic heterocycles. The molecule has 2 aromatic rings. The van der Waals surface area contributed by atoms with Crippen LogP contribution in [0.4, 0.5) is 0 Å². The molecule has 1 aromatic carbocycles. The predicted molar refractivity (Wildman–Crippen MR) is 65.7 cm³/mol. The van der Waals surface area contributed by atoms with Crippen LogP contribution in [0.1, 0.15) is 24.8 Å². The normalized spacial score (nSPS) is 16.6. The lowest BCUT2D eigenvalue weighted by atomic mass is 9.93. The standard InChI is InChI=1S/C13H14ClNO/c14-13-11(8-15-9-4-3-5-9)10-6-1-2-7-12(10)16-13/h1-2,6-7,9,15H,3-5,8H2. The zero-order valence-corrected chi connectivity index (χ0v) is 9.76. The van der Waals surface area contributed by atoms with Crippen molar-refractivity contribution in [3.8, 4) is 0 Å². The van der Waals surface area contributed by atoms with E-state index in [0.29, 0.717) is 11.3 Å². The Morgan fingerprint density at radius 1 is 1.31 bits per heavy atom. The van der Waals surface area contributed by atoms with E-state index in [9.17, 15) is 0 Å². The van der Waals surface area contributed by atoms with Gasteiger partial charge in [0.2, 0.25) is 0 Å². The lowest BCUT2D eigenvalue weighted by Crippen LogP contribution is -2.34. The van der Waals surface area contributed by atoms with Gasteiger partial charge in [0.25, 0.3) is 0 Å². The molecule has 0 radical (unpaired) electrons. The first-order chi connectivity index (χ1) is 7.84. The van der Waals surface area contributed by atoms with Crippen molar-refractivity contribution < 1.29 is 4.42 Å². The minimum Gasteiger partial charge on any atom is -0.444 e. The van der Waals surface area contributed by atoms with Crippen molar-refractivity contribution in [3.05, 3.63) is 35.0 Å². The van der Waals surface area contributed by atoms with E-state index in [1.807, 2.05) is 18.2 Å². The first-order valence-electron chi connectivity index (χ1n) is 5.74. The number of rotatable bonds is 3. The van der Waals surface area contributed by atoms with Crippen molar-refractivity contribution in [2.75, 3.05) is 0 Å². The molecule has 1 fully saturated rings. The van der Waals surface area contributed by atoms with Crippen LogP contribution < -0.4 is 5.32 Å². The van der Waals surface area contributed by atoms with Crippen LogP contribution in [0, 0.1) is 0 Å². The van der Waals surface area contributed by atoms with E-state index in [-0.39, 0.29) is 0 Å². The predicted octanol–water partition coefficient (Wildman–Crippen LogP) is 3.73. The van der Waals surface area contributed by atoms with Crippen LogP contribution in [-0.4, -0.2) is 6.04 Å². The van der Waals surface area contributed by atoms with E-state index >= 15 is 0 Å². The van der Waals surface area contributed by atoms with Crippen LogP contribution in [0.15, 0.2) is 28.7 Å². The fourth-order valence-electron chi connectivity index (χ4n) is 2.09. The van der Waals surface area contributed by atoms with Crippen LogP contribution in [0.3, 0.4) is 0 Å². The Labute approximate surface area is 99.6 Å². The molecule has 0 amide bonds. The van der Waals surface area contributed by atoms with Crippen LogP contribution >= 0.6 is 11.6 Å². The first-order valence-corrected chi connectivity index (χ1v) is 6.11. The molecule has 0 atom stereocenters. The molecular formula is C13H14ClNO. The van der Waals surface area contributed by atoms with Crippen LogP contribution in [0.25, 0.3) is 11.0 Å². The summed E-state index contributed by atoms with van der Waals surface area (Å²) in [5.41, 5.74) is 1.96. The molecule has 0 bridgehead atoms. The average molecular weight is 236 g/mol. The van der Waals surface area contributed by atoms with Crippen molar-refractivity contribution in [2.24, 2.45) is 0 Å². The van der Waals surface area contributed by atoms with Gasteiger partial charge in [-0.15, -0.1) is 0 Å². The van der Waals surface area contributed by atoms with E-state index in [2.05, 4.69) is 11.4 Å². The fraction of sp³-hybridized carbons (Fsp3) is 0.385. The number of benzene rings is 1. The van der Waals surface area contributed by atoms with Gasteiger partial charge in [-0.3, -0.25) is 0 Å². The highest BCUT2D eigenvalue weighted by atomic mass is 35.5. The third-order valence-electron chi connectivity index (χ3n) is 3.32. The Morgan fingerprint density at radius 3 is 2.88 bits per heavy atom. The summed E-state index contributed by atoms with van der Waals surface area (Å²) in [6, 6.07) is 8.66. The van der Waals surface area contributed by atoms with Crippen LogP contribution in [0.2, 0.25) is 5.22 Å². The van der Waals surface area contributed by atoms with Gasteiger partial charge in [0.1, 0.15) is 5.58 Å². The summed E-state index contributed by atoms with van der Waals surface area (Å²) in [6.45, 7) is 0.806. The summed E-state index contributed by atoms with van der Waals surface area (Å²) >= 11 is 6.11. The average Bonchev–Trinajstić information content (AvgIpc) is 2.53. The Kier molecular flexibility index (Phi) is 2.62. The second-order valence-electron chi connectivity index (χ2n) is 4.36. The van der Waals surface area contributed by atoms with Gasteiger partial charge in [-0.05, 0) is 30.5 Å². The van der Waals surface area contributed by atoms with Crippen molar-refractivity contribution in [1.82, 2.24) is 5.32 Å². The quantitative estimate of drug-likeness (QED) is 0.877. The monoisotopic (exact) mass is 235 g/mol. The summed E-state index contributed by atoms with van der Waals surface area (Å²) in [6.07, 6.45) is 3.92. The van der Waals surface area contributed by atoms with Crippen molar-refractivity contribution in [1.29, 1.82) is 0 Å². The molecule has 1 heterocycles. The zero-order chi connectivity index (χ0) is 11.0. The Balaban J connectivity index is 1.86. The van der Waals surface area contributed by atoms with Gasteiger partial charge in [-0.1, -0.05) is 24.6 Å². The van der Waals surface area contributed by atoms with Gasteiger partial charge in [0.05, 0.1) is 0 Å². The second kappa shape index (κ2) is 4.11. The van der Waals surface area contributed by atoms with Gasteiger partial charge in [-0.2, -0.15) is 0 Å². The molecule has 1 aliphatic carbocycles. The fourth-order valence-corrected chi connectivity index (χ4v) is 2.34. The summed E-state index contributed by atoms with van der Waals surface area (Å²) in [7, 11) is 0. The molecule has 0 spiro atoms. The lowest BCUT2D eigenvalue weighted by Gasteiger charge is -2.26. The third kappa shape index (κ3) is 1.72. The number of hydrogen-bond acceptors (Lipinski definition) is 2. The number of hydrogen-bond donors (Lipinski definition) is 1. The molecule has 1 N–H and O–H groups in total. The molecule has 2 nitrogen and oxygen atoms in total. The Hall–Kier alpha value is -0.990. The van der Waals surface area contributed by atoms with Gasteiger partial charge in [0, 0.05) is 23.5 Å². The molecule has 0 saturated heterocycles. The number of nitrogens with one attached hydrogen (secondary N) is 1. The molecule has 1 aliphatic rings. The van der Waals surface area contributed by atoms with Crippen molar-refractivity contribution >= 4 is 22.6 Å². The van der Waals surface area contributed by atoms with E-state index in [1.54, 1.807) is 0 Å². The van der Waals surface area contributed by atoms with Gasteiger partial charge in [-0.25, -0.2) is 0 Å². The topological polar surface area (TPSA) is 25.2 Å². The maximum Gasteiger partial charge on any atom is 0.199 e. The smallest absolute Gasteiger partial charge is 0.199 e. The molecular weight excluding hydrogens is 222 g/mol. The minimum absolute atomic E-state index is 0.521. The highest BCUT2D eigenvalue weighted by Crippen LogP contribution is 2.30. The zero-order valence-electron chi connectivity index (χ0n) is 9.00. The van der Waals surface area contributed by atoms with E-state index in [4.69, 9.17) is 16.0 Å². The number of furan rings is 1. The largest absolute Gasteiger partial charge is 0.444 e. The molecule has 84 valence electrons. The van der Waals surface area contributed by atoms with Crippen molar-refractivity contribution in [3.63, 3.8) is 0 Å². The van der Waals surface area contributed by atoms with Gasteiger partial charge < -0.3 is 9.73 Å². The SMILES string of the molecule is Clc1oc2ccccc2c1CNC1CCC1. The molecule has 3 rings (SSSR count). The highest BCUT2D eigenvalue weighted by Gasteiger charge is 2.18. The summed E-state index contributed by atoms with van der Waals surface area (Å²) in [5.74, 6) is 0. The number of halogens is 1. The molecule has 16 heavy (non-hydrogen) atoms. The molecule has 1 aromatic heterocycles. The highest BCUT2D eigenvalue weighted by molar-refractivity contribution is 6.30. The third-order valence-corrected chi connectivity index (χ3v) is 3.63. The van der Waals surface area contributed by atoms with E-state index in [1.165, 1.54) is 19.3 Å². The maximum atomic E-state index is 6.11. The summed E-state index contributed by atoms with van der Waals surface area (Å²) in [4.78, 5) is 0. The van der Waals surface area contributed by atoms with Gasteiger partial charge >= 0.3 is 0 Å². The van der Waals surface area contributed by atoms with E-state index < -0.39 is 0 Å². The molecule has 1 saturated carbocycles. The lowest BCUT2D eigenvalue weighted by molar-refractivity contribution is 0.338. The maximum absolute atomic E-state index is 6.11.